The van der Waals surface area contributed by atoms with Crippen molar-refractivity contribution in [2.24, 2.45) is 0 Å². The van der Waals surface area contributed by atoms with Crippen molar-refractivity contribution in [3.63, 3.8) is 0 Å². The van der Waals surface area contributed by atoms with Gasteiger partial charge in [0.1, 0.15) is 0 Å². The second-order valence-electron chi connectivity index (χ2n) is 5.82. The van der Waals surface area contributed by atoms with E-state index in [2.05, 4.69) is 77.1 Å². The molecule has 0 atom stereocenters. The molecule has 0 radical (unpaired) electrons. The number of hydrogen-bond donors (Lipinski definition) is 0. The van der Waals surface area contributed by atoms with Crippen molar-refractivity contribution in [3.05, 3.63) is 82.9 Å². The van der Waals surface area contributed by atoms with Crippen molar-refractivity contribution in [2.45, 2.75) is 32.6 Å². The molecule has 0 aliphatic carbocycles. The standard InChI is InChI=1S/C19H21N2P/c1-3-15-10-12-17-19(14-8-6-5-7-9-14)18-13-11-16(4-2)21(18)22-20(15)17/h5-13,19,22H,3-4H2,1-2H3. The molecule has 22 heavy (non-hydrogen) atoms. The highest BCUT2D eigenvalue weighted by molar-refractivity contribution is 7.34. The molecule has 0 spiro atoms. The van der Waals surface area contributed by atoms with Gasteiger partial charge >= 0.3 is 0 Å². The van der Waals surface area contributed by atoms with Crippen LogP contribution in [0.1, 0.15) is 48.1 Å². The molecule has 3 heterocycles. The minimum Gasteiger partial charge on any atom is -0.311 e. The number of hydrogen-bond acceptors (Lipinski definition) is 0. The molecule has 0 saturated heterocycles. The Kier molecular flexibility index (Phi) is 3.43. The summed E-state index contributed by atoms with van der Waals surface area (Å²) in [6, 6.07) is 20.2. The van der Waals surface area contributed by atoms with Crippen molar-refractivity contribution >= 4 is 8.88 Å². The molecule has 0 amide bonds. The Morgan fingerprint density at radius 1 is 0.773 bits per heavy atom. The highest BCUT2D eigenvalue weighted by Gasteiger charge is 2.29. The summed E-state index contributed by atoms with van der Waals surface area (Å²) in [5.74, 6) is 0.350. The molecule has 0 saturated carbocycles. The van der Waals surface area contributed by atoms with Crippen molar-refractivity contribution in [1.82, 2.24) is 8.68 Å². The molecule has 112 valence electrons. The van der Waals surface area contributed by atoms with Gasteiger partial charge in [-0.3, -0.25) is 0 Å². The van der Waals surface area contributed by atoms with Gasteiger partial charge in [-0.1, -0.05) is 44.2 Å². The number of rotatable bonds is 3. The van der Waals surface area contributed by atoms with Crippen LogP contribution in [-0.2, 0) is 12.8 Å². The Hall–Kier alpha value is -1.79. The van der Waals surface area contributed by atoms with Gasteiger partial charge in [0.05, 0.1) is 14.8 Å². The van der Waals surface area contributed by atoms with E-state index >= 15 is 0 Å². The molecule has 2 aromatic heterocycles. The van der Waals surface area contributed by atoms with Crippen LogP contribution in [0, 0.1) is 0 Å². The summed E-state index contributed by atoms with van der Waals surface area (Å²) in [6.07, 6.45) is 2.18. The molecular weight excluding hydrogens is 287 g/mol. The van der Waals surface area contributed by atoms with Gasteiger partial charge in [0, 0.05) is 22.8 Å². The van der Waals surface area contributed by atoms with Gasteiger partial charge in [0.15, 0.2) is 0 Å². The van der Waals surface area contributed by atoms with Crippen LogP contribution < -0.4 is 0 Å². The largest absolute Gasteiger partial charge is 0.311 e. The number of aryl methyl sites for hydroxylation is 2. The van der Waals surface area contributed by atoms with Crippen molar-refractivity contribution in [2.75, 3.05) is 0 Å². The Balaban J connectivity index is 1.94. The average Bonchev–Trinajstić information content (AvgIpc) is 3.16. The first-order valence-corrected chi connectivity index (χ1v) is 8.96. The Bertz CT molecular complexity index is 750. The first-order chi connectivity index (χ1) is 10.8. The van der Waals surface area contributed by atoms with Crippen LogP contribution in [0.5, 0.6) is 0 Å². The van der Waals surface area contributed by atoms with E-state index in [1.807, 2.05) is 0 Å². The molecule has 3 aromatic rings. The quantitative estimate of drug-likeness (QED) is 0.481. The van der Waals surface area contributed by atoms with E-state index in [4.69, 9.17) is 0 Å². The van der Waals surface area contributed by atoms with Crippen LogP contribution in [-0.4, -0.2) is 8.68 Å². The fraction of sp³-hybridized carbons (Fsp3) is 0.263. The third-order valence-corrected chi connectivity index (χ3v) is 6.12. The van der Waals surface area contributed by atoms with Gasteiger partial charge in [-0.2, -0.15) is 0 Å². The minimum atomic E-state index is 0.350. The van der Waals surface area contributed by atoms with E-state index < -0.39 is 0 Å². The van der Waals surface area contributed by atoms with E-state index in [-0.39, 0.29) is 0 Å². The predicted octanol–water partition coefficient (Wildman–Crippen LogP) is 4.81. The van der Waals surface area contributed by atoms with E-state index in [1.165, 1.54) is 28.3 Å². The Labute approximate surface area is 133 Å². The summed E-state index contributed by atoms with van der Waals surface area (Å²) in [7, 11) is 0.668. The van der Waals surface area contributed by atoms with Gasteiger partial charge in [-0.15, -0.1) is 0 Å². The maximum Gasteiger partial charge on any atom is 0.0884 e. The minimum absolute atomic E-state index is 0.350. The number of aromatic nitrogens is 2. The molecule has 0 N–H and O–H groups in total. The SMILES string of the molecule is CCc1ccc2n1Pn1c(CC)ccc1C2c1ccccc1. The van der Waals surface area contributed by atoms with E-state index in [0.717, 1.165) is 12.8 Å². The molecule has 1 aliphatic heterocycles. The van der Waals surface area contributed by atoms with Crippen molar-refractivity contribution < 1.29 is 0 Å². The second-order valence-corrected chi connectivity index (χ2v) is 6.92. The molecule has 1 aliphatic rings. The average molecular weight is 308 g/mol. The van der Waals surface area contributed by atoms with Gasteiger partial charge in [-0.25, -0.2) is 0 Å². The van der Waals surface area contributed by atoms with E-state index in [0.29, 0.717) is 14.8 Å². The van der Waals surface area contributed by atoms with Crippen LogP contribution in [0.25, 0.3) is 0 Å². The lowest BCUT2D eigenvalue weighted by Gasteiger charge is -2.30. The molecule has 0 fully saturated rings. The monoisotopic (exact) mass is 308 g/mol. The summed E-state index contributed by atoms with van der Waals surface area (Å²) < 4.78 is 5.06. The molecule has 4 rings (SSSR count). The van der Waals surface area contributed by atoms with Gasteiger partial charge in [0.25, 0.3) is 0 Å². The highest BCUT2D eigenvalue weighted by Crippen LogP contribution is 2.44. The fourth-order valence-electron chi connectivity index (χ4n) is 3.48. The maximum atomic E-state index is 2.53. The molecule has 0 unspecified atom stereocenters. The first-order valence-electron chi connectivity index (χ1n) is 8.06. The Morgan fingerprint density at radius 3 is 1.82 bits per heavy atom. The molecule has 1 aromatic carbocycles. The van der Waals surface area contributed by atoms with Gasteiger partial charge < -0.3 is 8.68 Å². The van der Waals surface area contributed by atoms with Gasteiger partial charge in [0.2, 0.25) is 0 Å². The lowest BCUT2D eigenvalue weighted by atomic mass is 9.93. The topological polar surface area (TPSA) is 9.86 Å². The third kappa shape index (κ3) is 1.98. The zero-order chi connectivity index (χ0) is 15.1. The summed E-state index contributed by atoms with van der Waals surface area (Å²) in [6.45, 7) is 4.49. The molecular formula is C19H21N2P. The lowest BCUT2D eigenvalue weighted by molar-refractivity contribution is 0.792. The van der Waals surface area contributed by atoms with Gasteiger partial charge in [-0.05, 0) is 42.7 Å². The van der Waals surface area contributed by atoms with E-state index in [1.54, 1.807) is 0 Å². The number of benzene rings is 1. The summed E-state index contributed by atoms with van der Waals surface area (Å²) >= 11 is 0. The smallest absolute Gasteiger partial charge is 0.0884 e. The zero-order valence-electron chi connectivity index (χ0n) is 13.1. The number of nitrogens with zero attached hydrogens (tertiary/aromatic N) is 2. The van der Waals surface area contributed by atoms with Crippen LogP contribution in [0.3, 0.4) is 0 Å². The lowest BCUT2D eigenvalue weighted by Crippen LogP contribution is -2.17. The fourth-order valence-corrected chi connectivity index (χ4v) is 5.04. The molecule has 0 bridgehead atoms. The summed E-state index contributed by atoms with van der Waals surface area (Å²) in [5, 5.41) is 0. The second kappa shape index (κ2) is 5.44. The first kappa shape index (κ1) is 13.8. The predicted molar refractivity (Wildman–Crippen MR) is 94.1 cm³/mol. The summed E-state index contributed by atoms with van der Waals surface area (Å²) in [4.78, 5) is 0. The van der Waals surface area contributed by atoms with Crippen molar-refractivity contribution in [3.8, 4) is 0 Å². The van der Waals surface area contributed by atoms with Crippen LogP contribution >= 0.6 is 8.88 Å². The number of fused-ring (bicyclic) bond motifs is 2. The van der Waals surface area contributed by atoms with E-state index in [9.17, 15) is 0 Å². The van der Waals surface area contributed by atoms with Crippen LogP contribution in [0.2, 0.25) is 0 Å². The normalized spacial score (nSPS) is 17.5. The van der Waals surface area contributed by atoms with Crippen LogP contribution in [0.15, 0.2) is 54.6 Å². The maximum absolute atomic E-state index is 2.53. The third-order valence-electron chi connectivity index (χ3n) is 4.63. The van der Waals surface area contributed by atoms with Crippen molar-refractivity contribution in [1.29, 1.82) is 0 Å². The molecule has 3 heteroatoms. The summed E-state index contributed by atoms with van der Waals surface area (Å²) in [5.41, 5.74) is 7.15. The zero-order valence-corrected chi connectivity index (χ0v) is 14.1. The Morgan fingerprint density at radius 2 is 1.32 bits per heavy atom. The van der Waals surface area contributed by atoms with Crippen LogP contribution in [0.4, 0.5) is 0 Å². The molecule has 2 nitrogen and oxygen atoms in total. The highest BCUT2D eigenvalue weighted by atomic mass is 31.1.